The number of para-hydroxylation sites is 6. The number of nitrogens with one attached hydrogen (secondary N) is 1. The maximum atomic E-state index is 11.3. The number of pyridine rings is 6. The third-order valence-corrected chi connectivity index (χ3v) is 23.3. The topological polar surface area (TPSA) is 332 Å². The number of hydrogen-bond acceptors (Lipinski definition) is 25. The zero-order chi connectivity index (χ0) is 96.3. The van der Waals surface area contributed by atoms with E-state index in [1.54, 1.807) is 66.9 Å². The standard InChI is InChI=1S/C25H27Cl2N3O3.C23H25Cl2N3O2.C15H16BrNO3.C11H9NO3.C9H7NO2.C9H7NO.C4H8Br2.C4H6O3/c1-18(31)33-22-9-4-6-19-10-11-23(28-25(19)22)32-17-3-2-12-29-13-15-30(16-14-29)21-8-5-7-20(26)24(21)27;24-18-6-4-7-19(22(18)25)28-14-12-27(13-15-28)11-1-2-16-30-21-10-9-17-5-3-8-20(29)23(17)26-21;1-11(18)20-13-6-4-5-12-7-8-14(17-15(12)13)19-10-3-2-9-16;1-7(13)15-9-4-2-3-8-5-6-10(14)12-11(8)9;11-8-5-1-3-7-4-2-6-10(12)9(7)8;11-8-5-1-3-7-4-2-6-10-9(7)8;5-3-1-2-4-6;1-3(5)7-4(2)6/h4-11H,2-3,12-17H2,1H3;3-10,29H,1-2,11-16H2;4-8H,2-3,9-10H2,1H3;2-6H,1H3,(H,12,14);1-6H,(H-,11,12);1-6,11H;1-4H2;1-2H3/p+1. The van der Waals surface area contributed by atoms with Crippen LogP contribution in [0.15, 0.2) is 236 Å². The Morgan fingerprint density at radius 1 is 0.388 bits per heavy atom. The number of aromatic amines is 1. The molecule has 0 spiro atoms. The zero-order valence-electron chi connectivity index (χ0n) is 74.7. The Labute approximate surface area is 822 Å². The fourth-order valence-electron chi connectivity index (χ4n) is 13.6. The van der Waals surface area contributed by atoms with Gasteiger partial charge >= 0.3 is 35.4 Å². The average molecular weight is 2100 g/mol. The first-order chi connectivity index (χ1) is 64.7. The summed E-state index contributed by atoms with van der Waals surface area (Å²) in [5.41, 5.74) is 5.29. The summed E-state index contributed by atoms with van der Waals surface area (Å²) >= 11 is 35.1. The maximum Gasteiger partial charge on any atom is 0.310 e. The number of ether oxygens (including phenoxy) is 7. The monoisotopic (exact) mass is 2100 g/mol. The van der Waals surface area contributed by atoms with Crippen LogP contribution in [-0.4, -0.2) is 186 Å². The van der Waals surface area contributed by atoms with Gasteiger partial charge in [0.15, 0.2) is 23.0 Å². The molecule has 0 aliphatic carbocycles. The maximum absolute atomic E-state index is 11.3. The number of alkyl halides is 3. The number of rotatable bonds is 25. The number of hydrogen-bond donors (Lipinski definition) is 5. The molecule has 6 aromatic heterocycles. The van der Waals surface area contributed by atoms with Gasteiger partial charge in [0.1, 0.15) is 33.6 Å². The molecule has 2 saturated heterocycles. The van der Waals surface area contributed by atoms with Crippen LogP contribution in [0.5, 0.6) is 52.1 Å². The van der Waals surface area contributed by atoms with Crippen LogP contribution in [0, 0.1) is 0 Å². The van der Waals surface area contributed by atoms with E-state index >= 15 is 0 Å². The summed E-state index contributed by atoms with van der Waals surface area (Å²) in [5, 5.41) is 49.0. The van der Waals surface area contributed by atoms with E-state index in [4.69, 9.17) is 74.8 Å². The number of aromatic hydroxyl groups is 3. The first-order valence-corrected chi connectivity index (χ1v) is 48.1. The van der Waals surface area contributed by atoms with Crippen LogP contribution in [0.1, 0.15) is 86.0 Å². The second-order valence-electron chi connectivity index (χ2n) is 30.0. The number of carbonyl (C=O) groups is 5. The first-order valence-electron chi connectivity index (χ1n) is 43.2. The molecule has 706 valence electrons. The summed E-state index contributed by atoms with van der Waals surface area (Å²) in [6.07, 6.45) is 11.7. The van der Waals surface area contributed by atoms with E-state index in [2.05, 4.69) is 97.0 Å². The number of unbranched alkanes of at least 4 members (excludes halogenated alkanes) is 4. The highest BCUT2D eigenvalue weighted by Crippen LogP contribution is 2.36. The highest BCUT2D eigenvalue weighted by molar-refractivity contribution is 9.09. The van der Waals surface area contributed by atoms with Crippen LogP contribution in [0.2, 0.25) is 20.1 Å². The average Bonchev–Trinajstić information content (AvgIpc) is 0.806. The first kappa shape index (κ1) is 106. The van der Waals surface area contributed by atoms with Gasteiger partial charge in [0.2, 0.25) is 29.4 Å². The Morgan fingerprint density at radius 2 is 0.754 bits per heavy atom. The number of esters is 5. The molecule has 0 atom stereocenters. The van der Waals surface area contributed by atoms with Crippen LogP contribution < -0.4 is 48.5 Å². The number of H-pyrrole nitrogens is 1. The van der Waals surface area contributed by atoms with Crippen LogP contribution in [-0.2, 0) is 28.7 Å². The number of aromatic nitrogens is 6. The fraction of sp³-hybridized carbons (Fsp3) is 0.290. The van der Waals surface area contributed by atoms with Gasteiger partial charge in [0.25, 0.3) is 0 Å². The Kier molecular flexibility index (Phi) is 44.7. The summed E-state index contributed by atoms with van der Waals surface area (Å²) in [5.74, 6) is 1.15. The van der Waals surface area contributed by atoms with Crippen molar-refractivity contribution in [1.82, 2.24) is 34.7 Å². The number of nitrogens with zero attached hydrogens (tertiary/aromatic N) is 9. The summed E-state index contributed by atoms with van der Waals surface area (Å²) in [6, 6.07) is 65.3. The van der Waals surface area contributed by atoms with Crippen molar-refractivity contribution in [3.05, 3.63) is 261 Å². The lowest BCUT2D eigenvalue weighted by Gasteiger charge is -2.36. The minimum Gasteiger partial charge on any atom is -0.506 e. The lowest BCUT2D eigenvalue weighted by molar-refractivity contribution is -0.884. The van der Waals surface area contributed by atoms with Crippen molar-refractivity contribution in [2.45, 2.75) is 86.0 Å². The van der Waals surface area contributed by atoms with Crippen molar-refractivity contribution in [3.8, 4) is 52.1 Å². The van der Waals surface area contributed by atoms with Gasteiger partial charge in [0.05, 0.1) is 62.2 Å². The third kappa shape index (κ3) is 34.6. The van der Waals surface area contributed by atoms with Crippen LogP contribution in [0.4, 0.5) is 11.4 Å². The van der Waals surface area contributed by atoms with E-state index < -0.39 is 17.9 Å². The number of phenolic OH excluding ortho intramolecular Hbond substituents is 3. The summed E-state index contributed by atoms with van der Waals surface area (Å²) in [6.45, 7) is 18.1. The smallest absolute Gasteiger partial charge is 0.310 e. The van der Waals surface area contributed by atoms with E-state index in [0.29, 0.717) is 108 Å². The van der Waals surface area contributed by atoms with Crippen LogP contribution in [0.25, 0.3) is 65.4 Å². The van der Waals surface area contributed by atoms with E-state index in [9.17, 15) is 49.3 Å². The second kappa shape index (κ2) is 56.5. The Morgan fingerprint density at radius 3 is 1.19 bits per heavy atom. The summed E-state index contributed by atoms with van der Waals surface area (Å²) < 4.78 is 37.5. The molecule has 2 aliphatic rings. The molecule has 5 N–H and O–H groups in total. The fourth-order valence-corrected chi connectivity index (χ4v) is 15.7. The molecule has 2 fully saturated rings. The molecular formula is C100H106Br3Cl4N10O17+. The van der Waals surface area contributed by atoms with E-state index in [1.807, 2.05) is 146 Å². The van der Waals surface area contributed by atoms with Gasteiger partial charge in [-0.3, -0.25) is 48.8 Å². The predicted octanol–water partition coefficient (Wildman–Crippen LogP) is 21.5. The van der Waals surface area contributed by atoms with E-state index in [-0.39, 0.29) is 34.7 Å². The number of phenols is 3. The van der Waals surface area contributed by atoms with E-state index in [1.165, 1.54) is 65.8 Å². The molecule has 0 unspecified atom stereocenters. The third-order valence-electron chi connectivity index (χ3n) is 20.0. The molecular weight excluding hydrogens is 1990 g/mol. The molecule has 0 saturated carbocycles. The Bertz CT molecular complexity index is 6200. The second-order valence-corrected chi connectivity index (χ2v) is 34.0. The van der Waals surface area contributed by atoms with Crippen molar-refractivity contribution < 1.29 is 82.4 Å². The molecule has 2 aliphatic heterocycles. The van der Waals surface area contributed by atoms with Gasteiger partial charge in [-0.25, -0.2) is 15.0 Å². The van der Waals surface area contributed by atoms with Crippen molar-refractivity contribution in [3.63, 3.8) is 0 Å². The van der Waals surface area contributed by atoms with Crippen molar-refractivity contribution in [2.75, 3.05) is 111 Å². The summed E-state index contributed by atoms with van der Waals surface area (Å²) in [7, 11) is 0. The number of benzene rings is 8. The Hall–Kier alpha value is -11.7. The largest absolute Gasteiger partial charge is 0.506 e. The van der Waals surface area contributed by atoms with Gasteiger partial charge in [0, 0.05) is 171 Å². The van der Waals surface area contributed by atoms with Gasteiger partial charge in [-0.05, 0) is 168 Å². The number of piperazine rings is 2. The Balaban J connectivity index is 0.000000182. The molecule has 27 nitrogen and oxygen atoms in total. The lowest BCUT2D eigenvalue weighted by Crippen LogP contribution is -2.46. The zero-order valence-corrected chi connectivity index (χ0v) is 82.5. The van der Waals surface area contributed by atoms with E-state index in [0.717, 1.165) is 168 Å². The number of halogens is 7. The normalized spacial score (nSPS) is 12.2. The minimum atomic E-state index is -0.562. The molecule has 0 bridgehead atoms. The molecule has 8 aromatic carbocycles. The van der Waals surface area contributed by atoms with Gasteiger partial charge in [-0.1, -0.05) is 179 Å². The van der Waals surface area contributed by atoms with Crippen LogP contribution >= 0.6 is 94.2 Å². The molecule has 0 amide bonds. The van der Waals surface area contributed by atoms with Gasteiger partial charge in [-0.15, -0.1) is 0 Å². The van der Waals surface area contributed by atoms with Gasteiger partial charge in [-0.2, -0.15) is 0 Å². The minimum absolute atomic E-state index is 0.0793. The predicted molar refractivity (Wildman–Crippen MR) is 539 cm³/mol. The molecule has 0 radical (unpaired) electrons. The molecule has 134 heavy (non-hydrogen) atoms. The molecule has 16 rings (SSSR count). The molecule has 14 aromatic rings. The summed E-state index contributed by atoms with van der Waals surface area (Å²) in [4.78, 5) is 93.6. The number of anilines is 2. The highest BCUT2D eigenvalue weighted by Gasteiger charge is 2.23. The lowest BCUT2D eigenvalue weighted by atomic mass is 10.2. The van der Waals surface area contributed by atoms with Crippen molar-refractivity contribution >= 4 is 201 Å². The number of fused-ring (bicyclic) bond motifs is 6. The highest BCUT2D eigenvalue weighted by atomic mass is 79.9. The van der Waals surface area contributed by atoms with Crippen molar-refractivity contribution in [2.24, 2.45) is 0 Å². The van der Waals surface area contributed by atoms with Gasteiger partial charge < -0.3 is 63.3 Å². The van der Waals surface area contributed by atoms with Crippen molar-refractivity contribution in [1.29, 1.82) is 0 Å². The quantitative estimate of drug-likeness (QED) is 0.00675. The SMILES string of the molecule is BrCCCCBr.CC(=O)OC(C)=O.CC(=O)Oc1cccc2ccc(=O)[nH]c12.CC(=O)Oc1cccc2ccc(OCCCCBr)nc12.CC(=O)Oc1cccc2ccc(OCCCCN3CCN(c4cccc(Cl)c4Cl)CC3)nc12.Oc1cccc2ccc(OCCCCN3CCN(c4cccc(Cl)c4Cl)CC3)nc12.Oc1cccc2ccc[n+](O)c12.Oc1cccc2cccnc12. The van der Waals surface area contributed by atoms with Crippen LogP contribution in [0.3, 0.4) is 0 Å². The molecule has 34 heteroatoms. The number of carbonyl (C=O) groups excluding carboxylic acids is 5. The molecule has 8 heterocycles.